The van der Waals surface area contributed by atoms with Gasteiger partial charge in [-0.15, -0.1) is 0 Å². The normalized spacial score (nSPS) is 10.3. The van der Waals surface area contributed by atoms with Crippen molar-refractivity contribution in [3.8, 4) is 6.07 Å². The molecule has 0 aliphatic carbocycles. The number of aromatic nitrogens is 1. The molecule has 1 aromatic heterocycles. The molecule has 0 fully saturated rings. The smallest absolute Gasteiger partial charge is 0.255 e. The zero-order valence-electron chi connectivity index (χ0n) is 7.39. The van der Waals surface area contributed by atoms with Crippen LogP contribution in [0.15, 0.2) is 6.20 Å². The van der Waals surface area contributed by atoms with Crippen LogP contribution in [0.3, 0.4) is 0 Å². The Kier molecular flexibility index (Phi) is 3.75. The second-order valence-electron chi connectivity index (χ2n) is 2.74. The Labute approximate surface area is 94.1 Å². The Morgan fingerprint density at radius 2 is 2.29 bits per heavy atom. The first-order valence-electron chi connectivity index (χ1n) is 3.87. The molecule has 0 aromatic carbocycles. The summed E-state index contributed by atoms with van der Waals surface area (Å²) < 4.78 is 25.5. The van der Waals surface area contributed by atoms with Crippen LogP contribution in [0.25, 0.3) is 0 Å². The average Bonchev–Trinajstić information content (AvgIpc) is 2.13. The third-order valence-electron chi connectivity index (χ3n) is 1.83. The molecule has 1 aromatic rings. The Morgan fingerprint density at radius 3 is 2.79 bits per heavy atom. The predicted molar refractivity (Wildman–Crippen MR) is 56.0 cm³/mol. The fraction of sp³-hybridized carbons (Fsp3) is 0.333. The third-order valence-corrected chi connectivity index (χ3v) is 3.33. The Hall–Kier alpha value is -0.770. The van der Waals surface area contributed by atoms with Crippen molar-refractivity contribution in [2.75, 3.05) is 0 Å². The van der Waals surface area contributed by atoms with E-state index in [2.05, 4.69) is 4.98 Å². The highest BCUT2D eigenvalue weighted by Crippen LogP contribution is 2.25. The second-order valence-corrected chi connectivity index (χ2v) is 3.82. The number of alkyl halides is 2. The van der Waals surface area contributed by atoms with Crippen molar-refractivity contribution in [2.45, 2.75) is 19.8 Å². The van der Waals surface area contributed by atoms with Crippen molar-refractivity contribution < 1.29 is 8.78 Å². The molecule has 0 aliphatic rings. The van der Waals surface area contributed by atoms with Gasteiger partial charge < -0.3 is 0 Å². The first-order chi connectivity index (χ1) is 6.57. The maximum absolute atomic E-state index is 12.4. The number of hydrogen-bond donors (Lipinski definition) is 0. The number of nitriles is 1. The summed E-state index contributed by atoms with van der Waals surface area (Å²) in [7, 11) is 0. The number of nitrogens with zero attached hydrogens (tertiary/aromatic N) is 2. The highest BCUT2D eigenvalue weighted by atomic mass is 127. The van der Waals surface area contributed by atoms with Gasteiger partial charge in [0.2, 0.25) is 0 Å². The molecule has 0 N–H and O–H groups in total. The van der Waals surface area contributed by atoms with Crippen LogP contribution < -0.4 is 0 Å². The molecule has 1 rings (SSSR count). The van der Waals surface area contributed by atoms with Gasteiger partial charge >= 0.3 is 0 Å². The monoisotopic (exact) mass is 308 g/mol. The molecule has 0 aliphatic heterocycles. The molecule has 0 spiro atoms. The van der Waals surface area contributed by atoms with Crippen LogP contribution in [-0.4, -0.2) is 4.98 Å². The molecule has 0 radical (unpaired) electrons. The number of halogens is 3. The summed E-state index contributed by atoms with van der Waals surface area (Å²) in [5, 5.41) is 8.48. The molecule has 0 unspecified atom stereocenters. The van der Waals surface area contributed by atoms with Crippen molar-refractivity contribution in [2.24, 2.45) is 0 Å². The standard InChI is InChI=1S/C9H7F2IN2/c1-5-7(12)6(2-3-13)4-14-8(5)9(10)11/h4,9H,2H2,1H3. The van der Waals surface area contributed by atoms with Gasteiger partial charge in [-0.1, -0.05) is 0 Å². The Balaban J connectivity index is 3.20. The van der Waals surface area contributed by atoms with Gasteiger partial charge in [0.15, 0.2) is 0 Å². The van der Waals surface area contributed by atoms with Gasteiger partial charge in [-0.05, 0) is 40.6 Å². The number of rotatable bonds is 2. The van der Waals surface area contributed by atoms with Gasteiger partial charge in [-0.2, -0.15) is 5.26 Å². The molecule has 0 bridgehead atoms. The van der Waals surface area contributed by atoms with E-state index in [0.29, 0.717) is 14.7 Å². The molecule has 74 valence electrons. The van der Waals surface area contributed by atoms with E-state index < -0.39 is 6.43 Å². The summed E-state index contributed by atoms with van der Waals surface area (Å²) in [5.74, 6) is 0. The van der Waals surface area contributed by atoms with Gasteiger partial charge in [0, 0.05) is 9.77 Å². The van der Waals surface area contributed by atoms with Crippen LogP contribution in [0.4, 0.5) is 8.78 Å². The maximum Gasteiger partial charge on any atom is 0.280 e. The van der Waals surface area contributed by atoms with Crippen molar-refractivity contribution in [3.05, 3.63) is 26.6 Å². The van der Waals surface area contributed by atoms with Crippen LogP contribution in [0.5, 0.6) is 0 Å². The van der Waals surface area contributed by atoms with Crippen molar-refractivity contribution in [1.29, 1.82) is 5.26 Å². The van der Waals surface area contributed by atoms with E-state index in [9.17, 15) is 8.78 Å². The minimum Gasteiger partial charge on any atom is -0.255 e. The second kappa shape index (κ2) is 4.64. The van der Waals surface area contributed by atoms with E-state index in [1.807, 2.05) is 28.7 Å². The summed E-state index contributed by atoms with van der Waals surface area (Å²) >= 11 is 1.96. The third kappa shape index (κ3) is 2.18. The average molecular weight is 308 g/mol. The summed E-state index contributed by atoms with van der Waals surface area (Å²) in [6, 6.07) is 1.97. The molecule has 2 nitrogen and oxygen atoms in total. The summed E-state index contributed by atoms with van der Waals surface area (Å²) in [6.07, 6.45) is -1.01. The first-order valence-corrected chi connectivity index (χ1v) is 4.94. The van der Waals surface area contributed by atoms with Crippen LogP contribution in [0, 0.1) is 21.8 Å². The van der Waals surface area contributed by atoms with E-state index in [1.54, 1.807) is 6.92 Å². The molecule has 1 heterocycles. The molecule has 14 heavy (non-hydrogen) atoms. The predicted octanol–water partition coefficient (Wildman–Crippen LogP) is 3.00. The highest BCUT2D eigenvalue weighted by molar-refractivity contribution is 14.1. The fourth-order valence-electron chi connectivity index (χ4n) is 1.08. The zero-order valence-corrected chi connectivity index (χ0v) is 9.55. The van der Waals surface area contributed by atoms with Crippen LogP contribution in [0.1, 0.15) is 23.2 Å². The lowest BCUT2D eigenvalue weighted by atomic mass is 10.1. The highest BCUT2D eigenvalue weighted by Gasteiger charge is 2.16. The van der Waals surface area contributed by atoms with Gasteiger partial charge in [-0.3, -0.25) is 4.98 Å². The van der Waals surface area contributed by atoms with Crippen LogP contribution in [0.2, 0.25) is 0 Å². The van der Waals surface area contributed by atoms with E-state index in [4.69, 9.17) is 5.26 Å². The van der Waals surface area contributed by atoms with E-state index in [-0.39, 0.29) is 12.1 Å². The zero-order chi connectivity index (χ0) is 10.7. The lowest BCUT2D eigenvalue weighted by Crippen LogP contribution is -2.01. The van der Waals surface area contributed by atoms with Crippen LogP contribution >= 0.6 is 22.6 Å². The molecule has 0 atom stereocenters. The van der Waals surface area contributed by atoms with Crippen LogP contribution in [-0.2, 0) is 6.42 Å². The van der Waals surface area contributed by atoms with E-state index >= 15 is 0 Å². The SMILES string of the molecule is Cc1c(C(F)F)ncc(CC#N)c1I. The minimum atomic E-state index is -2.56. The van der Waals surface area contributed by atoms with Crippen molar-refractivity contribution in [1.82, 2.24) is 4.98 Å². The first kappa shape index (κ1) is 11.3. The Bertz CT molecular complexity index is 385. The molecular weight excluding hydrogens is 301 g/mol. The molecule has 0 saturated heterocycles. The molecular formula is C9H7F2IN2. The summed E-state index contributed by atoms with van der Waals surface area (Å²) in [5.41, 5.74) is 0.972. The molecule has 0 saturated carbocycles. The lowest BCUT2D eigenvalue weighted by Gasteiger charge is -2.08. The quantitative estimate of drug-likeness (QED) is 0.788. The van der Waals surface area contributed by atoms with Gasteiger partial charge in [-0.25, -0.2) is 8.78 Å². The van der Waals surface area contributed by atoms with Gasteiger partial charge in [0.05, 0.1) is 12.5 Å². The minimum absolute atomic E-state index is 0.198. The van der Waals surface area contributed by atoms with Crippen molar-refractivity contribution in [3.63, 3.8) is 0 Å². The number of hydrogen-bond acceptors (Lipinski definition) is 2. The maximum atomic E-state index is 12.4. The Morgan fingerprint density at radius 1 is 1.64 bits per heavy atom. The summed E-state index contributed by atoms with van der Waals surface area (Å²) in [4.78, 5) is 3.65. The molecule has 0 amide bonds. The van der Waals surface area contributed by atoms with E-state index in [0.717, 1.165) is 0 Å². The summed E-state index contributed by atoms with van der Waals surface area (Å²) in [6.45, 7) is 1.59. The topological polar surface area (TPSA) is 36.7 Å². The largest absolute Gasteiger partial charge is 0.280 e. The van der Waals surface area contributed by atoms with E-state index in [1.165, 1.54) is 6.20 Å². The van der Waals surface area contributed by atoms with Crippen molar-refractivity contribution >= 4 is 22.6 Å². The molecule has 5 heteroatoms. The lowest BCUT2D eigenvalue weighted by molar-refractivity contribution is 0.145. The van der Waals surface area contributed by atoms with Gasteiger partial charge in [0.1, 0.15) is 5.69 Å². The fourth-order valence-corrected chi connectivity index (χ4v) is 1.69. The van der Waals surface area contributed by atoms with Gasteiger partial charge in [0.25, 0.3) is 6.43 Å². The number of pyridine rings is 1.